The zero-order valence-electron chi connectivity index (χ0n) is 18.3. The second-order valence-electron chi connectivity index (χ2n) is 9.07. The fraction of sp³-hybridized carbons (Fsp3) is 0.375. The minimum absolute atomic E-state index is 0.0401. The van der Waals surface area contributed by atoms with Crippen LogP contribution in [0.15, 0.2) is 48.0 Å². The molecule has 162 valence electrons. The highest BCUT2D eigenvalue weighted by atomic mass is 16.5. The monoisotopic (exact) mass is 421 g/mol. The van der Waals surface area contributed by atoms with E-state index in [1.807, 2.05) is 44.2 Å². The third-order valence-electron chi connectivity index (χ3n) is 6.38. The van der Waals surface area contributed by atoms with Crippen LogP contribution in [0.25, 0.3) is 0 Å². The Morgan fingerprint density at radius 2 is 2.03 bits per heavy atom. The first-order valence-electron chi connectivity index (χ1n) is 10.5. The number of fused-ring (bicyclic) bond motifs is 4. The number of hydrogen-bond acceptors (Lipinski definition) is 6. The molecule has 2 unspecified atom stereocenters. The number of rotatable bonds is 4. The van der Waals surface area contributed by atoms with Gasteiger partial charge >= 0.3 is 13.1 Å². The van der Waals surface area contributed by atoms with Gasteiger partial charge in [0, 0.05) is 22.6 Å². The lowest BCUT2D eigenvalue weighted by Gasteiger charge is -2.48. The molecule has 2 aromatic carbocycles. The maximum absolute atomic E-state index is 12.5. The first-order chi connectivity index (χ1) is 14.7. The number of anilines is 1. The summed E-state index contributed by atoms with van der Waals surface area (Å²) in [6, 6.07) is 10.8. The first kappa shape index (κ1) is 21.5. The van der Waals surface area contributed by atoms with Gasteiger partial charge in [0.25, 0.3) is 0 Å². The molecule has 2 aliphatic heterocycles. The van der Waals surface area contributed by atoms with Crippen molar-refractivity contribution in [3.63, 3.8) is 0 Å². The van der Waals surface area contributed by atoms with E-state index in [4.69, 9.17) is 9.47 Å². The normalized spacial score (nSPS) is 20.2. The summed E-state index contributed by atoms with van der Waals surface area (Å²) in [5, 5.41) is 22.8. The standard InChI is InChI=1S/C24H28BNO5/c1-14(2)9-10-30-23(27)15-5-8-21-17(11-15)22-19(13-31-21)24(3,4)18-12-16(25(28)29)6-7-20(18)26-22/h5-9,11-12,19,22,26,28-29H,10,13H2,1-4H3. The van der Waals surface area contributed by atoms with Gasteiger partial charge in [-0.05, 0) is 55.2 Å². The predicted molar refractivity (Wildman–Crippen MR) is 121 cm³/mol. The molecule has 4 rings (SSSR count). The van der Waals surface area contributed by atoms with E-state index in [0.29, 0.717) is 17.6 Å². The summed E-state index contributed by atoms with van der Waals surface area (Å²) in [7, 11) is -1.51. The van der Waals surface area contributed by atoms with Crippen molar-refractivity contribution in [3.8, 4) is 5.75 Å². The molecule has 0 amide bonds. The number of allylic oxidation sites excluding steroid dienone is 1. The Balaban J connectivity index is 1.68. The second kappa shape index (κ2) is 8.06. The summed E-state index contributed by atoms with van der Waals surface area (Å²) >= 11 is 0. The molecular weight excluding hydrogens is 393 g/mol. The summed E-state index contributed by atoms with van der Waals surface area (Å²) in [4.78, 5) is 12.5. The van der Waals surface area contributed by atoms with Gasteiger partial charge in [0.05, 0.1) is 18.2 Å². The highest BCUT2D eigenvalue weighted by Gasteiger charge is 2.46. The van der Waals surface area contributed by atoms with Crippen molar-refractivity contribution in [1.29, 1.82) is 0 Å². The number of carbonyl (C=O) groups is 1. The average molecular weight is 421 g/mol. The minimum atomic E-state index is -1.51. The number of esters is 1. The van der Waals surface area contributed by atoms with Gasteiger partial charge in [0.1, 0.15) is 12.4 Å². The van der Waals surface area contributed by atoms with Crippen molar-refractivity contribution in [1.82, 2.24) is 0 Å². The number of carbonyl (C=O) groups excluding carboxylic acids is 1. The molecule has 3 N–H and O–H groups in total. The van der Waals surface area contributed by atoms with Gasteiger partial charge in [0.15, 0.2) is 0 Å². The molecule has 0 aromatic heterocycles. The van der Waals surface area contributed by atoms with Crippen LogP contribution in [0.1, 0.15) is 55.2 Å². The fourth-order valence-electron chi connectivity index (χ4n) is 4.46. The van der Waals surface area contributed by atoms with E-state index in [1.165, 1.54) is 0 Å². The van der Waals surface area contributed by atoms with E-state index in [1.54, 1.807) is 12.1 Å². The summed E-state index contributed by atoms with van der Waals surface area (Å²) < 4.78 is 11.4. The molecule has 0 bridgehead atoms. The third-order valence-corrected chi connectivity index (χ3v) is 6.38. The number of hydrogen-bond donors (Lipinski definition) is 3. The van der Waals surface area contributed by atoms with E-state index in [9.17, 15) is 14.8 Å². The van der Waals surface area contributed by atoms with Crippen LogP contribution < -0.4 is 15.5 Å². The molecule has 0 aliphatic carbocycles. The van der Waals surface area contributed by atoms with Crippen LogP contribution in [-0.2, 0) is 10.2 Å². The number of ether oxygens (including phenoxy) is 2. The van der Waals surface area contributed by atoms with Crippen molar-refractivity contribution in [2.24, 2.45) is 5.92 Å². The molecule has 0 radical (unpaired) electrons. The van der Waals surface area contributed by atoms with E-state index in [2.05, 4.69) is 19.2 Å². The number of nitrogens with one attached hydrogen (secondary N) is 1. The molecule has 7 heteroatoms. The van der Waals surface area contributed by atoms with Crippen molar-refractivity contribution in [2.75, 3.05) is 18.5 Å². The van der Waals surface area contributed by atoms with Crippen molar-refractivity contribution < 1.29 is 24.3 Å². The Kier molecular flexibility index (Phi) is 5.58. The molecule has 2 heterocycles. The summed E-state index contributed by atoms with van der Waals surface area (Å²) in [6.45, 7) is 8.98. The van der Waals surface area contributed by atoms with Gasteiger partial charge in [-0.25, -0.2) is 4.79 Å². The van der Waals surface area contributed by atoms with Crippen molar-refractivity contribution in [2.45, 2.75) is 39.2 Å². The Bertz CT molecular complexity index is 1040. The maximum Gasteiger partial charge on any atom is 0.488 e. The summed E-state index contributed by atoms with van der Waals surface area (Å²) in [6.07, 6.45) is 1.87. The van der Waals surface area contributed by atoms with Gasteiger partial charge < -0.3 is 24.8 Å². The van der Waals surface area contributed by atoms with Gasteiger partial charge in [-0.2, -0.15) is 0 Å². The van der Waals surface area contributed by atoms with Crippen LogP contribution in [0, 0.1) is 5.92 Å². The van der Waals surface area contributed by atoms with E-state index in [0.717, 1.165) is 28.1 Å². The van der Waals surface area contributed by atoms with E-state index < -0.39 is 7.12 Å². The van der Waals surface area contributed by atoms with Crippen LogP contribution in [-0.4, -0.2) is 36.3 Å². The molecule has 31 heavy (non-hydrogen) atoms. The lowest BCUT2D eigenvalue weighted by molar-refractivity contribution is 0.0548. The zero-order chi connectivity index (χ0) is 22.3. The quantitative estimate of drug-likeness (QED) is 0.400. The van der Waals surface area contributed by atoms with Gasteiger partial charge in [-0.1, -0.05) is 31.6 Å². The second-order valence-corrected chi connectivity index (χ2v) is 9.07. The van der Waals surface area contributed by atoms with Crippen molar-refractivity contribution >= 4 is 24.2 Å². The first-order valence-corrected chi connectivity index (χ1v) is 10.5. The summed E-state index contributed by atoms with van der Waals surface area (Å²) in [5.74, 6) is 0.492. The van der Waals surface area contributed by atoms with Crippen LogP contribution in [0.2, 0.25) is 0 Å². The van der Waals surface area contributed by atoms with Crippen molar-refractivity contribution in [3.05, 3.63) is 64.7 Å². The highest BCUT2D eigenvalue weighted by Crippen LogP contribution is 2.51. The Morgan fingerprint density at radius 1 is 1.26 bits per heavy atom. The smallest absolute Gasteiger partial charge is 0.488 e. The molecule has 0 saturated carbocycles. The lowest BCUT2D eigenvalue weighted by atomic mass is 9.64. The zero-order valence-corrected chi connectivity index (χ0v) is 18.3. The van der Waals surface area contributed by atoms with E-state index >= 15 is 0 Å². The molecule has 0 fully saturated rings. The maximum atomic E-state index is 12.5. The fourth-order valence-corrected chi connectivity index (χ4v) is 4.46. The Morgan fingerprint density at radius 3 is 2.74 bits per heavy atom. The minimum Gasteiger partial charge on any atom is -0.493 e. The van der Waals surface area contributed by atoms with Gasteiger partial charge in [-0.15, -0.1) is 0 Å². The SMILES string of the molecule is CC(C)=CCOC(=O)c1ccc2c(c1)C1Nc3ccc(B(O)O)cc3C(C)(C)C1CO2. The molecule has 2 atom stereocenters. The number of benzene rings is 2. The molecule has 0 saturated heterocycles. The third kappa shape index (κ3) is 3.95. The molecular formula is C24H28BNO5. The molecule has 0 spiro atoms. The largest absolute Gasteiger partial charge is 0.493 e. The van der Waals surface area contributed by atoms with Crippen LogP contribution in [0.3, 0.4) is 0 Å². The van der Waals surface area contributed by atoms with Crippen LogP contribution >= 0.6 is 0 Å². The average Bonchev–Trinajstić information content (AvgIpc) is 2.72. The Hall–Kier alpha value is -2.77. The summed E-state index contributed by atoms with van der Waals surface area (Å²) in [5.41, 5.74) is 4.66. The van der Waals surface area contributed by atoms with E-state index in [-0.39, 0.29) is 30.0 Å². The van der Waals surface area contributed by atoms with Gasteiger partial charge in [0.2, 0.25) is 0 Å². The van der Waals surface area contributed by atoms with Crippen LogP contribution in [0.5, 0.6) is 5.75 Å². The topological polar surface area (TPSA) is 88.0 Å². The Labute approximate surface area is 183 Å². The molecule has 2 aliphatic rings. The molecule has 6 nitrogen and oxygen atoms in total. The highest BCUT2D eigenvalue weighted by molar-refractivity contribution is 6.58. The lowest BCUT2D eigenvalue weighted by Crippen LogP contribution is -2.47. The van der Waals surface area contributed by atoms with Crippen LogP contribution in [0.4, 0.5) is 5.69 Å². The molecule has 2 aromatic rings. The van der Waals surface area contributed by atoms with Gasteiger partial charge in [-0.3, -0.25) is 0 Å². The predicted octanol–water partition coefficient (Wildman–Crippen LogP) is 2.94.